The molecule has 8 heteroatoms. The van der Waals surface area contributed by atoms with Gasteiger partial charge in [-0.1, -0.05) is 30.3 Å². The Kier molecular flexibility index (Phi) is 5.62. The van der Waals surface area contributed by atoms with E-state index < -0.39 is 10.0 Å². The molecule has 2 heterocycles. The van der Waals surface area contributed by atoms with Gasteiger partial charge >= 0.3 is 0 Å². The monoisotopic (exact) mass is 362 g/mol. The maximum absolute atomic E-state index is 12.3. The smallest absolute Gasteiger partial charge is 0.214 e. The molecule has 133 valence electrons. The van der Waals surface area contributed by atoms with Crippen molar-refractivity contribution in [2.24, 2.45) is 0 Å². The number of morpholine rings is 1. The molecule has 0 amide bonds. The van der Waals surface area contributed by atoms with E-state index in [4.69, 9.17) is 4.74 Å². The van der Waals surface area contributed by atoms with Gasteiger partial charge < -0.3 is 4.74 Å². The van der Waals surface area contributed by atoms with Gasteiger partial charge in [0.2, 0.25) is 10.0 Å². The van der Waals surface area contributed by atoms with E-state index in [1.54, 1.807) is 4.68 Å². The number of hydrogen-bond acceptors (Lipinski definition) is 5. The van der Waals surface area contributed by atoms with Gasteiger partial charge in [-0.3, -0.25) is 9.48 Å². The van der Waals surface area contributed by atoms with E-state index in [-0.39, 0.29) is 18.0 Å². The van der Waals surface area contributed by atoms with Gasteiger partial charge in [0.25, 0.3) is 0 Å². The van der Waals surface area contributed by atoms with Gasteiger partial charge in [0.15, 0.2) is 5.78 Å². The largest absolute Gasteiger partial charge is 0.379 e. The molecule has 0 spiro atoms. The molecule has 2 aromatic rings. The van der Waals surface area contributed by atoms with E-state index in [0.29, 0.717) is 38.4 Å². The van der Waals surface area contributed by atoms with Crippen molar-refractivity contribution >= 4 is 15.8 Å². The highest BCUT2D eigenvalue weighted by molar-refractivity contribution is 7.89. The molecule has 1 aromatic heterocycles. The molecule has 0 unspecified atom stereocenters. The third-order valence-corrected chi connectivity index (χ3v) is 5.87. The lowest BCUT2D eigenvalue weighted by atomic mass is 10.2. The number of nitrogens with zero attached hydrogens (tertiary/aromatic N) is 3. The van der Waals surface area contributed by atoms with Crippen molar-refractivity contribution in [2.75, 3.05) is 32.1 Å². The molecule has 7 nitrogen and oxygen atoms in total. The Balaban J connectivity index is 1.56. The summed E-state index contributed by atoms with van der Waals surface area (Å²) >= 11 is 0. The summed E-state index contributed by atoms with van der Waals surface area (Å²) in [7, 11) is -3.44. The van der Waals surface area contributed by atoms with Crippen molar-refractivity contribution in [2.45, 2.75) is 13.0 Å². The highest BCUT2D eigenvalue weighted by Gasteiger charge is 2.25. The fraction of sp³-hybridized carbons (Fsp3) is 0.412. The lowest BCUT2D eigenvalue weighted by molar-refractivity contribution is 0.0729. The van der Waals surface area contributed by atoms with Crippen molar-refractivity contribution in [1.82, 2.24) is 14.1 Å². The summed E-state index contributed by atoms with van der Waals surface area (Å²) in [5.41, 5.74) is 1.36. The van der Waals surface area contributed by atoms with Crippen LogP contribution in [0.3, 0.4) is 0 Å². The number of rotatable bonds is 7. The first-order valence-electron chi connectivity index (χ1n) is 8.12. The van der Waals surface area contributed by atoms with E-state index >= 15 is 0 Å². The minimum atomic E-state index is -3.44. The number of ether oxygens (including phenoxy) is 1. The molecule has 1 saturated heterocycles. The molecule has 1 radical (unpaired) electrons. The molecule has 0 N–H and O–H groups in total. The molecule has 1 aliphatic heterocycles. The Bertz CT molecular complexity index is 811. The number of carbonyl (C=O) groups excluding carboxylic acids is 1. The van der Waals surface area contributed by atoms with Crippen LogP contribution in [0.4, 0.5) is 0 Å². The normalized spacial score (nSPS) is 16.0. The van der Waals surface area contributed by atoms with Crippen molar-refractivity contribution in [3.63, 3.8) is 0 Å². The first-order chi connectivity index (χ1) is 12.0. The van der Waals surface area contributed by atoms with Gasteiger partial charge in [-0.05, 0) is 5.56 Å². The Morgan fingerprint density at radius 2 is 1.92 bits per heavy atom. The second-order valence-electron chi connectivity index (χ2n) is 5.81. The SMILES string of the molecule is O=C(CCS(=O)(=O)N1CCOCC1)c1[c]n(Cc2ccccc2)nc1. The highest BCUT2D eigenvalue weighted by atomic mass is 32.2. The molecule has 0 atom stereocenters. The van der Waals surface area contributed by atoms with Crippen LogP contribution in [-0.2, 0) is 21.3 Å². The quantitative estimate of drug-likeness (QED) is 0.686. The van der Waals surface area contributed by atoms with Crippen LogP contribution in [-0.4, -0.2) is 60.3 Å². The van der Waals surface area contributed by atoms with Gasteiger partial charge in [0.05, 0.1) is 43.5 Å². The fourth-order valence-electron chi connectivity index (χ4n) is 2.61. The predicted octanol–water partition coefficient (Wildman–Crippen LogP) is 0.966. The van der Waals surface area contributed by atoms with E-state index in [1.807, 2.05) is 30.3 Å². The third kappa shape index (κ3) is 4.75. The first kappa shape index (κ1) is 17.8. The summed E-state index contributed by atoms with van der Waals surface area (Å²) in [6.07, 6.45) is 4.27. The van der Waals surface area contributed by atoms with Crippen LogP contribution >= 0.6 is 0 Å². The third-order valence-electron chi connectivity index (χ3n) is 4.00. The molecule has 0 bridgehead atoms. The molecule has 25 heavy (non-hydrogen) atoms. The van der Waals surface area contributed by atoms with Gasteiger partial charge in [0.1, 0.15) is 0 Å². The lowest BCUT2D eigenvalue weighted by Gasteiger charge is -2.25. The van der Waals surface area contributed by atoms with Crippen LogP contribution in [0.25, 0.3) is 0 Å². The van der Waals surface area contributed by atoms with Gasteiger partial charge in [-0.2, -0.15) is 9.40 Å². The van der Waals surface area contributed by atoms with Gasteiger partial charge in [0, 0.05) is 19.5 Å². The number of Topliss-reactive ketones (excluding diaryl/α,β-unsaturated/α-hetero) is 1. The number of carbonyl (C=O) groups is 1. The number of benzene rings is 1. The predicted molar refractivity (Wildman–Crippen MR) is 91.7 cm³/mol. The lowest BCUT2D eigenvalue weighted by Crippen LogP contribution is -2.42. The van der Waals surface area contributed by atoms with E-state index in [0.717, 1.165) is 5.56 Å². The molecule has 0 aliphatic carbocycles. The van der Waals surface area contributed by atoms with Crippen LogP contribution in [0, 0.1) is 6.20 Å². The van der Waals surface area contributed by atoms with E-state index in [2.05, 4.69) is 11.3 Å². The molecule has 0 saturated carbocycles. The standard InChI is InChI=1S/C17H20N3O4S/c21-17(6-11-25(22,23)20-7-9-24-10-8-20)16-12-18-19(14-16)13-15-4-2-1-3-5-15/h1-5,12H,6-11,13H2. The molecule has 1 fully saturated rings. The Morgan fingerprint density at radius 3 is 2.64 bits per heavy atom. The van der Waals surface area contributed by atoms with Crippen molar-refractivity contribution in [3.8, 4) is 0 Å². The highest BCUT2D eigenvalue weighted by Crippen LogP contribution is 2.10. The molecule has 1 aliphatic rings. The van der Waals surface area contributed by atoms with Crippen LogP contribution in [0.15, 0.2) is 36.5 Å². The van der Waals surface area contributed by atoms with Crippen molar-refractivity contribution in [3.05, 3.63) is 53.9 Å². The molecule has 1 aromatic carbocycles. The average Bonchev–Trinajstić information content (AvgIpc) is 3.10. The number of ketones is 1. The maximum atomic E-state index is 12.3. The minimum absolute atomic E-state index is 0.0762. The van der Waals surface area contributed by atoms with Crippen molar-refractivity contribution in [1.29, 1.82) is 0 Å². The van der Waals surface area contributed by atoms with Gasteiger partial charge in [-0.25, -0.2) is 8.42 Å². The van der Waals surface area contributed by atoms with Crippen LogP contribution in [0.5, 0.6) is 0 Å². The van der Waals surface area contributed by atoms with E-state index in [1.165, 1.54) is 10.5 Å². The summed E-state index contributed by atoms with van der Waals surface area (Å²) in [6, 6.07) is 9.72. The summed E-state index contributed by atoms with van der Waals surface area (Å²) in [4.78, 5) is 12.2. The Morgan fingerprint density at radius 1 is 1.20 bits per heavy atom. The second-order valence-corrected chi connectivity index (χ2v) is 7.90. The van der Waals surface area contributed by atoms with Crippen LogP contribution < -0.4 is 0 Å². The zero-order valence-corrected chi connectivity index (χ0v) is 14.6. The summed E-state index contributed by atoms with van der Waals surface area (Å²) in [5, 5.41) is 4.13. The zero-order chi connectivity index (χ0) is 17.7. The number of sulfonamides is 1. The second kappa shape index (κ2) is 7.90. The topological polar surface area (TPSA) is 81.5 Å². The van der Waals surface area contributed by atoms with E-state index in [9.17, 15) is 13.2 Å². The molecular formula is C17H20N3O4S. The van der Waals surface area contributed by atoms with Gasteiger partial charge in [-0.15, -0.1) is 0 Å². The number of aromatic nitrogens is 2. The number of hydrogen-bond donors (Lipinski definition) is 0. The average molecular weight is 362 g/mol. The zero-order valence-electron chi connectivity index (χ0n) is 13.8. The summed E-state index contributed by atoms with van der Waals surface area (Å²) in [6.45, 7) is 2.00. The summed E-state index contributed by atoms with van der Waals surface area (Å²) < 4.78 is 32.6. The Labute approximate surface area is 147 Å². The molecular weight excluding hydrogens is 342 g/mol. The minimum Gasteiger partial charge on any atom is -0.379 e. The van der Waals surface area contributed by atoms with Crippen molar-refractivity contribution < 1.29 is 17.9 Å². The fourth-order valence-corrected chi connectivity index (χ4v) is 4.01. The Hall–Kier alpha value is -2.03. The first-order valence-corrected chi connectivity index (χ1v) is 9.73. The maximum Gasteiger partial charge on any atom is 0.214 e. The van der Waals surface area contributed by atoms with Crippen LogP contribution in [0.2, 0.25) is 0 Å². The molecule has 3 rings (SSSR count). The van der Waals surface area contributed by atoms with Crippen LogP contribution in [0.1, 0.15) is 22.3 Å². The summed E-state index contributed by atoms with van der Waals surface area (Å²) in [5.74, 6) is -0.472.